The number of rotatable bonds is 3. The first kappa shape index (κ1) is 9.05. The van der Waals surface area contributed by atoms with Crippen LogP contribution in [0, 0.1) is 16.2 Å². The van der Waals surface area contributed by atoms with Gasteiger partial charge in [0.05, 0.1) is 0 Å². The van der Waals surface area contributed by atoms with Gasteiger partial charge in [0.2, 0.25) is 0 Å². The van der Waals surface area contributed by atoms with Crippen molar-refractivity contribution in [2.24, 2.45) is 17.2 Å². The summed E-state index contributed by atoms with van der Waals surface area (Å²) in [7, 11) is 0. The molecule has 54 valence electrons. The molecule has 0 atom stereocenters. The van der Waals surface area contributed by atoms with Crippen LogP contribution in [0.5, 0.6) is 0 Å². The standard InChI is InChI=1S/3CH3N2.Ga/c3*2-1-3;/h3*(H3,2,3);. The Hall–Kier alpha value is -0.954. The summed E-state index contributed by atoms with van der Waals surface area (Å²) in [5.41, 5.74) is 15.2. The Labute approximate surface area is 63.3 Å². The Balaban J connectivity index is 4.43. The number of nitrogens with two attached hydrogens (primary N) is 3. The summed E-state index contributed by atoms with van der Waals surface area (Å²) in [5.74, 6) is 0. The molecule has 7 heteroatoms. The molecule has 10 heavy (non-hydrogen) atoms. The van der Waals surface area contributed by atoms with Gasteiger partial charge in [0.15, 0.2) is 0 Å². The molecule has 0 bridgehead atoms. The summed E-state index contributed by atoms with van der Waals surface area (Å²) in [6.07, 6.45) is 0. The van der Waals surface area contributed by atoms with Crippen LogP contribution in [-0.2, 0) is 0 Å². The zero-order valence-corrected chi connectivity index (χ0v) is 7.73. The molecule has 0 amide bonds. The van der Waals surface area contributed by atoms with E-state index in [1.54, 1.807) is 0 Å². The van der Waals surface area contributed by atoms with E-state index in [2.05, 4.69) is 0 Å². The average Bonchev–Trinajstić information content (AvgIpc) is 1.59. The van der Waals surface area contributed by atoms with Gasteiger partial charge in [0.1, 0.15) is 0 Å². The molecule has 0 unspecified atom stereocenters. The summed E-state index contributed by atoms with van der Waals surface area (Å²) in [4.78, 5) is 0. The van der Waals surface area contributed by atoms with Crippen molar-refractivity contribution in [1.82, 2.24) is 0 Å². The Bertz CT molecular complexity index is 152. The van der Waals surface area contributed by atoms with Crippen LogP contribution in [0.2, 0.25) is 0 Å². The number of hydrogen-bond donors (Lipinski definition) is 6. The van der Waals surface area contributed by atoms with Crippen LogP contribution in [0.15, 0.2) is 0 Å². The maximum absolute atomic E-state index is 6.93. The molecule has 0 rings (SSSR count). The zero-order valence-electron chi connectivity index (χ0n) is 5.31. The average molecular weight is 199 g/mol. The van der Waals surface area contributed by atoms with Crippen LogP contribution in [-0.4, -0.2) is 29.4 Å². The van der Waals surface area contributed by atoms with Crippen LogP contribution < -0.4 is 17.2 Å². The van der Waals surface area contributed by atoms with Crippen molar-refractivity contribution in [3.05, 3.63) is 0 Å². The van der Waals surface area contributed by atoms with Crippen molar-refractivity contribution in [3.8, 4) is 0 Å². The summed E-state index contributed by atoms with van der Waals surface area (Å²) in [6.45, 7) is 0. The van der Waals surface area contributed by atoms with Crippen LogP contribution in [0.3, 0.4) is 0 Å². The topological polar surface area (TPSA) is 150 Å². The second-order valence-electron chi connectivity index (χ2n) is 1.80. The van der Waals surface area contributed by atoms with Crippen LogP contribution in [0.25, 0.3) is 0 Å². The molecule has 0 aliphatic heterocycles. The first-order valence-electron chi connectivity index (χ1n) is 2.48. The van der Waals surface area contributed by atoms with Crippen molar-refractivity contribution >= 4 is 29.4 Å². The summed E-state index contributed by atoms with van der Waals surface area (Å²) >= 11 is -2.84. The summed E-state index contributed by atoms with van der Waals surface area (Å²) in [5, 5.41) is 20.8. The molecule has 0 radical (unpaired) electrons. The first-order chi connectivity index (χ1) is 4.46. The molecule has 0 heterocycles. The van der Waals surface area contributed by atoms with Gasteiger partial charge in [-0.1, -0.05) is 0 Å². The van der Waals surface area contributed by atoms with Gasteiger partial charge >= 0.3 is 62.8 Å². The number of nitrogens with one attached hydrogen (secondary N) is 3. The molecule has 0 aromatic heterocycles. The van der Waals surface area contributed by atoms with Gasteiger partial charge in [0.25, 0.3) is 0 Å². The summed E-state index contributed by atoms with van der Waals surface area (Å²) in [6, 6.07) is 0. The van der Waals surface area contributed by atoms with E-state index in [1.165, 1.54) is 0 Å². The molecular weight excluding hydrogens is 190 g/mol. The second-order valence-corrected chi connectivity index (χ2v) is 7.53. The maximum atomic E-state index is 6.93. The number of amidine groups is 3. The first-order valence-corrected chi connectivity index (χ1v) is 6.12. The van der Waals surface area contributed by atoms with Crippen molar-refractivity contribution < 1.29 is 0 Å². The van der Waals surface area contributed by atoms with E-state index < -0.39 is 16.2 Å². The molecule has 0 spiro atoms. The monoisotopic (exact) mass is 198 g/mol. The SMILES string of the molecule is N=[C](N)[Ga]([C](=N)N)[C](=N)N. The quantitative estimate of drug-likeness (QED) is 0.175. The van der Waals surface area contributed by atoms with Crippen LogP contribution >= 0.6 is 0 Å². The fraction of sp³-hybridized carbons (Fsp3) is 0. The Morgan fingerprint density at radius 2 is 1.00 bits per heavy atom. The molecule has 0 saturated heterocycles. The van der Waals surface area contributed by atoms with E-state index in [4.69, 9.17) is 33.4 Å². The van der Waals surface area contributed by atoms with E-state index in [1.807, 2.05) is 0 Å². The van der Waals surface area contributed by atoms with Crippen molar-refractivity contribution in [1.29, 1.82) is 16.2 Å². The fourth-order valence-corrected chi connectivity index (χ4v) is 2.61. The molecule has 0 fully saturated rings. The van der Waals surface area contributed by atoms with Gasteiger partial charge in [0, 0.05) is 0 Å². The summed E-state index contributed by atoms with van der Waals surface area (Å²) < 4.78 is -0.562. The molecular formula is C3H9GaN6. The number of hydrogen-bond acceptors (Lipinski definition) is 3. The predicted molar refractivity (Wildman–Crippen MR) is 41.5 cm³/mol. The van der Waals surface area contributed by atoms with Crippen molar-refractivity contribution in [3.63, 3.8) is 0 Å². The van der Waals surface area contributed by atoms with Gasteiger partial charge in [-0.25, -0.2) is 0 Å². The van der Waals surface area contributed by atoms with Crippen molar-refractivity contribution in [2.45, 2.75) is 0 Å². The van der Waals surface area contributed by atoms with Crippen molar-refractivity contribution in [2.75, 3.05) is 0 Å². The van der Waals surface area contributed by atoms with E-state index in [-0.39, 0.29) is 13.2 Å². The Morgan fingerprint density at radius 1 is 0.800 bits per heavy atom. The Morgan fingerprint density at radius 3 is 1.00 bits per heavy atom. The second kappa shape index (κ2) is 3.27. The third kappa shape index (κ3) is 2.11. The molecule has 9 N–H and O–H groups in total. The van der Waals surface area contributed by atoms with Gasteiger partial charge in [-0.2, -0.15) is 0 Å². The van der Waals surface area contributed by atoms with Crippen LogP contribution in [0.1, 0.15) is 0 Å². The van der Waals surface area contributed by atoms with Gasteiger partial charge in [-0.3, -0.25) is 0 Å². The van der Waals surface area contributed by atoms with E-state index in [0.717, 1.165) is 0 Å². The minimum atomic E-state index is -2.84. The third-order valence-electron chi connectivity index (χ3n) is 0.933. The van der Waals surface area contributed by atoms with E-state index >= 15 is 0 Å². The van der Waals surface area contributed by atoms with Crippen LogP contribution in [0.4, 0.5) is 0 Å². The molecule has 0 aliphatic rings. The third-order valence-corrected chi connectivity index (χ3v) is 4.85. The molecule has 0 saturated carbocycles. The minimum absolute atomic E-state index is 0.187. The van der Waals surface area contributed by atoms with Gasteiger partial charge in [-0.05, 0) is 0 Å². The van der Waals surface area contributed by atoms with E-state index in [0.29, 0.717) is 0 Å². The zero-order chi connectivity index (χ0) is 8.31. The Kier molecular flexibility index (Phi) is 2.96. The van der Waals surface area contributed by atoms with E-state index in [9.17, 15) is 0 Å². The molecule has 0 aromatic rings. The predicted octanol–water partition coefficient (Wildman–Crippen LogP) is -2.09. The normalized spacial score (nSPS) is 8.40. The molecule has 6 nitrogen and oxygen atoms in total. The molecule has 0 aromatic carbocycles. The molecule has 0 aliphatic carbocycles. The fourth-order valence-electron chi connectivity index (χ4n) is 0.503. The van der Waals surface area contributed by atoms with Gasteiger partial charge in [-0.15, -0.1) is 0 Å². The van der Waals surface area contributed by atoms with Gasteiger partial charge < -0.3 is 0 Å².